The highest BCUT2D eigenvalue weighted by atomic mass is 35.5. The number of carbonyl (C=O) groups excluding carboxylic acids is 1. The topological polar surface area (TPSA) is 79.0 Å². The number of piperidine rings is 1. The third-order valence-electron chi connectivity index (χ3n) is 5.49. The summed E-state index contributed by atoms with van der Waals surface area (Å²) >= 11 is 5.91. The van der Waals surface area contributed by atoms with E-state index >= 15 is 0 Å². The van der Waals surface area contributed by atoms with E-state index in [2.05, 4.69) is 17.3 Å². The van der Waals surface area contributed by atoms with Gasteiger partial charge < -0.3 is 15.0 Å². The van der Waals surface area contributed by atoms with E-state index in [9.17, 15) is 13.2 Å². The van der Waals surface area contributed by atoms with Gasteiger partial charge in [0.1, 0.15) is 5.75 Å². The molecule has 0 aliphatic carbocycles. The minimum absolute atomic E-state index is 0.0655. The molecule has 4 rings (SSSR count). The van der Waals surface area contributed by atoms with E-state index in [4.69, 9.17) is 16.3 Å². The summed E-state index contributed by atoms with van der Waals surface area (Å²) < 4.78 is 33.8. The van der Waals surface area contributed by atoms with Gasteiger partial charge in [0.15, 0.2) is 6.10 Å². The van der Waals surface area contributed by atoms with Crippen LogP contribution in [0.5, 0.6) is 5.75 Å². The fourth-order valence-electron chi connectivity index (χ4n) is 3.75. The van der Waals surface area contributed by atoms with Crippen LogP contribution in [0.15, 0.2) is 53.4 Å². The first-order chi connectivity index (χ1) is 14.3. The lowest BCUT2D eigenvalue weighted by molar-refractivity contribution is -0.128. The largest absolute Gasteiger partial charge is 0.476 e. The maximum Gasteiger partial charge on any atom is 0.264 e. The van der Waals surface area contributed by atoms with Crippen LogP contribution >= 0.6 is 11.6 Å². The van der Waals surface area contributed by atoms with Crippen molar-refractivity contribution in [3.8, 4) is 5.75 Å². The van der Waals surface area contributed by atoms with Crippen molar-refractivity contribution in [2.45, 2.75) is 29.9 Å². The van der Waals surface area contributed by atoms with Gasteiger partial charge in [0.2, 0.25) is 0 Å². The minimum atomic E-state index is -3.89. The highest BCUT2D eigenvalue weighted by molar-refractivity contribution is 7.92. The van der Waals surface area contributed by atoms with Crippen molar-refractivity contribution in [2.75, 3.05) is 31.0 Å². The average Bonchev–Trinajstić information content (AvgIpc) is 2.74. The molecule has 2 aromatic carbocycles. The van der Waals surface area contributed by atoms with Crippen LogP contribution in [-0.2, 0) is 14.8 Å². The van der Waals surface area contributed by atoms with Gasteiger partial charge in [0.25, 0.3) is 15.9 Å². The smallest absolute Gasteiger partial charge is 0.264 e. The second-order valence-electron chi connectivity index (χ2n) is 7.65. The Morgan fingerprint density at radius 3 is 2.47 bits per heavy atom. The Hall–Kier alpha value is -2.29. The number of hydrogen-bond acceptors (Lipinski definition) is 5. The predicted octanol–water partition coefficient (Wildman–Crippen LogP) is 2.51. The molecule has 30 heavy (non-hydrogen) atoms. The second kappa shape index (κ2) is 8.45. The van der Waals surface area contributed by atoms with Crippen LogP contribution in [0, 0.1) is 0 Å². The van der Waals surface area contributed by atoms with Crippen LogP contribution in [0.25, 0.3) is 0 Å². The fourth-order valence-corrected chi connectivity index (χ4v) is 5.35. The van der Waals surface area contributed by atoms with Gasteiger partial charge >= 0.3 is 0 Å². The number of carbonyl (C=O) groups is 1. The summed E-state index contributed by atoms with van der Waals surface area (Å²) in [5.41, 5.74) is 0.413. The van der Waals surface area contributed by atoms with Crippen LogP contribution in [0.4, 0.5) is 5.69 Å². The average molecular weight is 450 g/mol. The maximum atomic E-state index is 13.3. The number of para-hydroxylation sites is 2. The molecule has 1 atom stereocenters. The Balaban J connectivity index is 1.59. The third-order valence-corrected chi connectivity index (χ3v) is 7.54. The molecule has 7 nitrogen and oxygen atoms in total. The Morgan fingerprint density at radius 1 is 1.10 bits per heavy atom. The zero-order valence-corrected chi connectivity index (χ0v) is 18.2. The highest BCUT2D eigenvalue weighted by Gasteiger charge is 2.38. The van der Waals surface area contributed by atoms with Crippen molar-refractivity contribution in [3.63, 3.8) is 0 Å². The normalized spacial score (nSPS) is 20.3. The second-order valence-corrected chi connectivity index (χ2v) is 9.95. The maximum absolute atomic E-state index is 13.3. The van der Waals surface area contributed by atoms with Crippen molar-refractivity contribution in [3.05, 3.63) is 53.6 Å². The minimum Gasteiger partial charge on any atom is -0.476 e. The summed E-state index contributed by atoms with van der Waals surface area (Å²) in [6.45, 7) is 1.73. The van der Waals surface area contributed by atoms with Gasteiger partial charge in [-0.15, -0.1) is 0 Å². The summed E-state index contributed by atoms with van der Waals surface area (Å²) in [6, 6.07) is 12.9. The number of nitrogens with one attached hydrogen (secondary N) is 1. The monoisotopic (exact) mass is 449 g/mol. The van der Waals surface area contributed by atoms with Crippen molar-refractivity contribution in [1.29, 1.82) is 0 Å². The molecular formula is C21H24ClN3O4S. The van der Waals surface area contributed by atoms with Crippen LogP contribution < -0.4 is 14.4 Å². The first-order valence-corrected chi connectivity index (χ1v) is 11.7. The number of nitrogens with zero attached hydrogens (tertiary/aromatic N) is 2. The third kappa shape index (κ3) is 4.26. The van der Waals surface area contributed by atoms with Gasteiger partial charge in [0.05, 0.1) is 17.1 Å². The summed E-state index contributed by atoms with van der Waals surface area (Å²) in [5, 5.41) is 3.48. The standard InChI is InChI=1S/C21H24ClN3O4S/c1-24-12-10-16(11-13-24)23-21(26)20-14-25(18-4-2-3-5-19(18)29-20)30(27,28)17-8-6-15(22)7-9-17/h2-9,16,20H,10-14H2,1H3,(H,23,26). The molecule has 1 fully saturated rings. The molecule has 0 aromatic heterocycles. The molecular weight excluding hydrogens is 426 g/mol. The summed E-state index contributed by atoms with van der Waals surface area (Å²) in [7, 11) is -1.84. The van der Waals surface area contributed by atoms with E-state index in [1.54, 1.807) is 24.3 Å². The molecule has 2 aromatic rings. The number of sulfonamides is 1. The number of rotatable bonds is 4. The fraction of sp³-hybridized carbons (Fsp3) is 0.381. The number of halogens is 1. The number of anilines is 1. The van der Waals surface area contributed by atoms with E-state index in [-0.39, 0.29) is 23.4 Å². The number of benzene rings is 2. The molecule has 2 aliphatic heterocycles. The summed E-state index contributed by atoms with van der Waals surface area (Å²) in [6.07, 6.45) is 0.790. The number of hydrogen-bond donors (Lipinski definition) is 1. The molecule has 1 N–H and O–H groups in total. The zero-order valence-electron chi connectivity index (χ0n) is 16.6. The van der Waals surface area contributed by atoms with Gasteiger partial charge in [-0.05, 0) is 69.4 Å². The van der Waals surface area contributed by atoms with E-state index in [0.717, 1.165) is 25.9 Å². The summed E-state index contributed by atoms with van der Waals surface area (Å²) in [5.74, 6) is 0.0696. The van der Waals surface area contributed by atoms with Crippen LogP contribution in [0.1, 0.15) is 12.8 Å². The Kier molecular flexibility index (Phi) is 5.90. The summed E-state index contributed by atoms with van der Waals surface area (Å²) in [4.78, 5) is 15.3. The van der Waals surface area contributed by atoms with E-state index in [0.29, 0.717) is 16.5 Å². The van der Waals surface area contributed by atoms with Crippen molar-refractivity contribution in [2.24, 2.45) is 0 Å². The molecule has 2 aliphatic rings. The first kappa shape index (κ1) is 21.0. The highest BCUT2D eigenvalue weighted by Crippen LogP contribution is 2.37. The molecule has 1 saturated heterocycles. The quantitative estimate of drug-likeness (QED) is 0.775. The lowest BCUT2D eigenvalue weighted by Crippen LogP contribution is -2.53. The molecule has 160 valence electrons. The molecule has 0 bridgehead atoms. The van der Waals surface area contributed by atoms with Crippen molar-refractivity contribution < 1.29 is 17.9 Å². The van der Waals surface area contributed by atoms with E-state index in [1.807, 2.05) is 0 Å². The van der Waals surface area contributed by atoms with Crippen molar-refractivity contribution >= 4 is 33.2 Å². The zero-order chi connectivity index (χ0) is 21.3. The Morgan fingerprint density at radius 2 is 1.77 bits per heavy atom. The lowest BCUT2D eigenvalue weighted by Gasteiger charge is -2.36. The van der Waals surface area contributed by atoms with Gasteiger partial charge in [-0.2, -0.15) is 0 Å². The van der Waals surface area contributed by atoms with Crippen LogP contribution in [0.3, 0.4) is 0 Å². The van der Waals surface area contributed by atoms with Gasteiger partial charge in [-0.1, -0.05) is 23.7 Å². The van der Waals surface area contributed by atoms with Gasteiger partial charge in [-0.3, -0.25) is 9.10 Å². The predicted molar refractivity (Wildman–Crippen MR) is 116 cm³/mol. The van der Waals surface area contributed by atoms with E-state index in [1.165, 1.54) is 28.6 Å². The van der Waals surface area contributed by atoms with Crippen LogP contribution in [0.2, 0.25) is 5.02 Å². The molecule has 0 saturated carbocycles. The molecule has 1 unspecified atom stereocenters. The van der Waals surface area contributed by atoms with E-state index < -0.39 is 16.1 Å². The molecule has 2 heterocycles. The lowest BCUT2D eigenvalue weighted by atomic mass is 10.1. The SMILES string of the molecule is CN1CCC(NC(=O)C2CN(S(=O)(=O)c3ccc(Cl)cc3)c3ccccc3O2)CC1. The number of amides is 1. The molecule has 9 heteroatoms. The van der Waals surface area contributed by atoms with Gasteiger partial charge in [-0.25, -0.2) is 8.42 Å². The molecule has 1 amide bonds. The molecule has 0 spiro atoms. The van der Waals surface area contributed by atoms with Crippen molar-refractivity contribution in [1.82, 2.24) is 10.2 Å². The van der Waals surface area contributed by atoms with Gasteiger partial charge in [0, 0.05) is 11.1 Å². The first-order valence-electron chi connectivity index (χ1n) is 9.87. The van der Waals surface area contributed by atoms with Crippen LogP contribution in [-0.4, -0.2) is 58.1 Å². The Labute approximate surface area is 181 Å². The number of likely N-dealkylation sites (tertiary alicyclic amines) is 1. The number of ether oxygens (including phenoxy) is 1. The number of fused-ring (bicyclic) bond motifs is 1. The Bertz CT molecular complexity index is 1020. The molecule has 0 radical (unpaired) electrons.